The van der Waals surface area contributed by atoms with Gasteiger partial charge in [-0.25, -0.2) is 0 Å². The molecule has 1 rings (SSSR count). The Kier molecular flexibility index (Phi) is 4.64. The Bertz CT molecular complexity index is 381. The number of aliphatic carboxylic acids is 1. The van der Waals surface area contributed by atoms with Gasteiger partial charge in [-0.3, -0.25) is 4.79 Å². The Labute approximate surface area is 98.5 Å². The third-order valence-corrected chi connectivity index (χ3v) is 3.09. The first kappa shape index (κ1) is 12.9. The lowest BCUT2D eigenvalue weighted by atomic mass is 10.0. The first-order valence-electron chi connectivity index (χ1n) is 4.89. The van der Waals surface area contributed by atoms with Crippen LogP contribution in [0.1, 0.15) is 24.4 Å². The van der Waals surface area contributed by atoms with Gasteiger partial charge in [0.15, 0.2) is 0 Å². The largest absolute Gasteiger partial charge is 0.507 e. The number of aromatic hydroxyl groups is 1. The summed E-state index contributed by atoms with van der Waals surface area (Å²) in [5.74, 6) is -0.670. The number of carbonyl (C=O) groups is 1. The highest BCUT2D eigenvalue weighted by Gasteiger charge is 2.10. The molecule has 5 heteroatoms. The number of thioether (sulfide) groups is 1. The van der Waals surface area contributed by atoms with Gasteiger partial charge in [0.05, 0.1) is 0 Å². The highest BCUT2D eigenvalue weighted by atomic mass is 32.2. The zero-order valence-corrected chi connectivity index (χ0v) is 9.83. The van der Waals surface area contributed by atoms with Crippen molar-refractivity contribution in [1.82, 2.24) is 0 Å². The lowest BCUT2D eigenvalue weighted by molar-refractivity contribution is -0.137. The number of hydrogen-bond acceptors (Lipinski definition) is 4. The Morgan fingerprint density at radius 2 is 2.25 bits per heavy atom. The number of rotatable bonds is 5. The Morgan fingerprint density at radius 3 is 2.75 bits per heavy atom. The summed E-state index contributed by atoms with van der Waals surface area (Å²) in [7, 11) is 0. The van der Waals surface area contributed by atoms with Gasteiger partial charge in [-0.15, -0.1) is 11.8 Å². The molecule has 0 saturated heterocycles. The maximum atomic E-state index is 10.4. The highest BCUT2D eigenvalue weighted by molar-refractivity contribution is 7.98. The van der Waals surface area contributed by atoms with Crippen LogP contribution in [0.25, 0.3) is 0 Å². The van der Waals surface area contributed by atoms with Gasteiger partial charge in [0.2, 0.25) is 0 Å². The molecule has 88 valence electrons. The van der Waals surface area contributed by atoms with E-state index in [4.69, 9.17) is 10.8 Å². The molecule has 0 heterocycles. The molecule has 0 aliphatic rings. The van der Waals surface area contributed by atoms with Gasteiger partial charge < -0.3 is 15.9 Å². The molecule has 0 amide bonds. The van der Waals surface area contributed by atoms with E-state index < -0.39 is 5.97 Å². The average Bonchev–Trinajstić information content (AvgIpc) is 2.25. The fourth-order valence-corrected chi connectivity index (χ4v) is 1.86. The summed E-state index contributed by atoms with van der Waals surface area (Å²) in [6, 6.07) is 4.85. The molecular weight excluding hydrogens is 226 g/mol. The minimum absolute atomic E-state index is 0.0339. The number of benzene rings is 1. The number of phenols is 1. The standard InChI is InChI=1S/C11H15NO3S/c1-16-10-4-2-7(6-9(10)13)8(12)3-5-11(14)15/h2,4,6,8,13H,3,5,12H2,1H3,(H,14,15). The number of carboxylic acids is 1. The molecule has 0 aliphatic heterocycles. The van der Waals surface area contributed by atoms with E-state index in [0.29, 0.717) is 6.42 Å². The van der Waals surface area contributed by atoms with Gasteiger partial charge in [-0.2, -0.15) is 0 Å². The first-order valence-corrected chi connectivity index (χ1v) is 6.11. The van der Waals surface area contributed by atoms with Crippen molar-refractivity contribution in [1.29, 1.82) is 0 Å². The predicted octanol–water partition coefficient (Wildman–Crippen LogP) is 1.98. The van der Waals surface area contributed by atoms with Crippen LogP contribution in [0, 0.1) is 0 Å². The van der Waals surface area contributed by atoms with E-state index in [1.807, 2.05) is 12.3 Å². The zero-order chi connectivity index (χ0) is 12.1. The average molecular weight is 241 g/mol. The molecule has 1 unspecified atom stereocenters. The van der Waals surface area contributed by atoms with Crippen molar-refractivity contribution in [3.63, 3.8) is 0 Å². The molecule has 0 radical (unpaired) electrons. The van der Waals surface area contributed by atoms with Crippen LogP contribution >= 0.6 is 11.8 Å². The number of carboxylic acid groups (broad SMARTS) is 1. The van der Waals surface area contributed by atoms with Crippen LogP contribution in [0.4, 0.5) is 0 Å². The van der Waals surface area contributed by atoms with Gasteiger partial charge in [0.1, 0.15) is 5.75 Å². The monoisotopic (exact) mass is 241 g/mol. The predicted molar refractivity (Wildman–Crippen MR) is 63.7 cm³/mol. The van der Waals surface area contributed by atoms with E-state index in [1.165, 1.54) is 11.8 Å². The summed E-state index contributed by atoms with van der Waals surface area (Å²) >= 11 is 1.45. The Morgan fingerprint density at radius 1 is 1.56 bits per heavy atom. The molecule has 0 aromatic heterocycles. The third-order valence-electron chi connectivity index (χ3n) is 2.30. The third kappa shape index (κ3) is 3.43. The van der Waals surface area contributed by atoms with Crippen molar-refractivity contribution in [3.05, 3.63) is 23.8 Å². The fourth-order valence-electron chi connectivity index (χ4n) is 1.38. The summed E-state index contributed by atoms with van der Waals surface area (Å²) in [4.78, 5) is 11.2. The first-order chi connectivity index (χ1) is 7.54. The van der Waals surface area contributed by atoms with Crippen LogP contribution in [0.3, 0.4) is 0 Å². The molecule has 1 aromatic rings. The van der Waals surface area contributed by atoms with Crippen molar-refractivity contribution in [3.8, 4) is 5.75 Å². The lowest BCUT2D eigenvalue weighted by Gasteiger charge is -2.12. The molecule has 4 nitrogen and oxygen atoms in total. The molecule has 0 fully saturated rings. The summed E-state index contributed by atoms with van der Waals surface area (Å²) in [5.41, 5.74) is 6.58. The Hall–Kier alpha value is -1.20. The molecular formula is C11H15NO3S. The van der Waals surface area contributed by atoms with Crippen LogP contribution < -0.4 is 5.73 Å². The van der Waals surface area contributed by atoms with Gasteiger partial charge >= 0.3 is 5.97 Å². The second-order valence-electron chi connectivity index (χ2n) is 3.47. The summed E-state index contributed by atoms with van der Waals surface area (Å²) in [6.07, 6.45) is 2.28. The van der Waals surface area contributed by atoms with Crippen LogP contribution in [0.2, 0.25) is 0 Å². The quantitative estimate of drug-likeness (QED) is 0.686. The van der Waals surface area contributed by atoms with E-state index in [0.717, 1.165) is 10.5 Å². The molecule has 0 aliphatic carbocycles. The van der Waals surface area contributed by atoms with Crippen LogP contribution in [-0.2, 0) is 4.79 Å². The second-order valence-corrected chi connectivity index (χ2v) is 4.32. The van der Waals surface area contributed by atoms with Gasteiger partial charge in [0.25, 0.3) is 0 Å². The van der Waals surface area contributed by atoms with Crippen molar-refractivity contribution < 1.29 is 15.0 Å². The van der Waals surface area contributed by atoms with Gasteiger partial charge in [0, 0.05) is 17.4 Å². The van der Waals surface area contributed by atoms with E-state index >= 15 is 0 Å². The van der Waals surface area contributed by atoms with Crippen molar-refractivity contribution in [2.45, 2.75) is 23.8 Å². The van der Waals surface area contributed by atoms with E-state index in [1.54, 1.807) is 12.1 Å². The molecule has 16 heavy (non-hydrogen) atoms. The Balaban J connectivity index is 2.72. The van der Waals surface area contributed by atoms with Crippen molar-refractivity contribution in [2.75, 3.05) is 6.26 Å². The summed E-state index contributed by atoms with van der Waals surface area (Å²) in [6.45, 7) is 0. The molecule has 0 spiro atoms. The van der Waals surface area contributed by atoms with E-state index in [9.17, 15) is 9.90 Å². The fraction of sp³-hybridized carbons (Fsp3) is 0.364. The summed E-state index contributed by atoms with van der Waals surface area (Å²) in [5, 5.41) is 18.2. The van der Waals surface area contributed by atoms with Gasteiger partial charge in [-0.1, -0.05) is 6.07 Å². The lowest BCUT2D eigenvalue weighted by Crippen LogP contribution is -2.12. The number of hydrogen-bond donors (Lipinski definition) is 3. The molecule has 1 atom stereocenters. The molecule has 0 bridgehead atoms. The maximum Gasteiger partial charge on any atom is 0.303 e. The summed E-state index contributed by atoms with van der Waals surface area (Å²) < 4.78 is 0. The zero-order valence-electron chi connectivity index (χ0n) is 9.01. The number of nitrogens with two attached hydrogens (primary N) is 1. The minimum atomic E-state index is -0.861. The normalized spacial score (nSPS) is 12.4. The van der Waals surface area contributed by atoms with E-state index in [2.05, 4.69) is 0 Å². The van der Waals surface area contributed by atoms with Gasteiger partial charge in [-0.05, 0) is 30.4 Å². The smallest absolute Gasteiger partial charge is 0.303 e. The van der Waals surface area contributed by atoms with Crippen LogP contribution in [-0.4, -0.2) is 22.4 Å². The van der Waals surface area contributed by atoms with Crippen LogP contribution in [0.5, 0.6) is 5.75 Å². The molecule has 4 N–H and O–H groups in total. The molecule has 0 saturated carbocycles. The highest BCUT2D eigenvalue weighted by Crippen LogP contribution is 2.29. The van der Waals surface area contributed by atoms with Crippen molar-refractivity contribution >= 4 is 17.7 Å². The van der Waals surface area contributed by atoms with Crippen LogP contribution in [0.15, 0.2) is 23.1 Å². The molecule has 1 aromatic carbocycles. The topological polar surface area (TPSA) is 83.6 Å². The SMILES string of the molecule is CSc1ccc(C(N)CCC(=O)O)cc1O. The second kappa shape index (κ2) is 5.77. The minimum Gasteiger partial charge on any atom is -0.507 e. The van der Waals surface area contributed by atoms with Crippen molar-refractivity contribution in [2.24, 2.45) is 5.73 Å². The number of phenolic OH excluding ortho intramolecular Hbond substituents is 1. The van der Waals surface area contributed by atoms with E-state index in [-0.39, 0.29) is 18.2 Å². The maximum absolute atomic E-state index is 10.4.